The lowest BCUT2D eigenvalue weighted by Gasteiger charge is -2.37. The Labute approximate surface area is 236 Å². The van der Waals surface area contributed by atoms with Crippen LogP contribution in [0.3, 0.4) is 0 Å². The highest BCUT2D eigenvalue weighted by molar-refractivity contribution is 7.80. The topological polar surface area (TPSA) is 100 Å². The molecule has 0 aliphatic carbocycles. The Morgan fingerprint density at radius 1 is 0.872 bits per heavy atom. The van der Waals surface area contributed by atoms with Crippen molar-refractivity contribution in [1.29, 1.82) is 0 Å². The van der Waals surface area contributed by atoms with E-state index in [0.29, 0.717) is 59.3 Å². The van der Waals surface area contributed by atoms with Crippen molar-refractivity contribution in [2.45, 2.75) is 0 Å². The van der Waals surface area contributed by atoms with Gasteiger partial charge in [0.1, 0.15) is 5.75 Å². The molecule has 0 aromatic heterocycles. The van der Waals surface area contributed by atoms with Crippen LogP contribution in [0.15, 0.2) is 66.7 Å². The number of nitrogens with zero attached hydrogens (tertiary/aromatic N) is 2. The molecule has 1 fully saturated rings. The first-order valence-corrected chi connectivity index (χ1v) is 12.9. The van der Waals surface area contributed by atoms with Crippen molar-refractivity contribution < 1.29 is 23.9 Å². The Bertz CT molecular complexity index is 1390. The maximum absolute atomic E-state index is 12.9. The lowest BCUT2D eigenvalue weighted by Crippen LogP contribution is -2.49. The average molecular weight is 567 g/mol. The van der Waals surface area contributed by atoms with E-state index in [1.807, 2.05) is 23.1 Å². The summed E-state index contributed by atoms with van der Waals surface area (Å²) in [5.41, 5.74) is 2.54. The van der Waals surface area contributed by atoms with E-state index in [1.165, 1.54) is 20.3 Å². The molecule has 11 heteroatoms. The van der Waals surface area contributed by atoms with E-state index >= 15 is 0 Å². The number of amides is 2. The third-order valence-electron chi connectivity index (χ3n) is 6.24. The third kappa shape index (κ3) is 6.65. The summed E-state index contributed by atoms with van der Waals surface area (Å²) in [6.45, 7) is 2.17. The van der Waals surface area contributed by atoms with E-state index in [-0.39, 0.29) is 11.0 Å². The number of esters is 1. The average Bonchev–Trinajstić information content (AvgIpc) is 2.96. The predicted octanol–water partition coefficient (Wildman–Crippen LogP) is 4.22. The van der Waals surface area contributed by atoms with Gasteiger partial charge in [-0.2, -0.15) is 0 Å². The molecule has 0 bridgehead atoms. The Balaban J connectivity index is 1.48. The second kappa shape index (κ2) is 12.6. The fourth-order valence-corrected chi connectivity index (χ4v) is 4.67. The van der Waals surface area contributed by atoms with Gasteiger partial charge in [0.2, 0.25) is 0 Å². The second-order valence-corrected chi connectivity index (χ2v) is 9.44. The Morgan fingerprint density at radius 2 is 1.56 bits per heavy atom. The zero-order valence-electron chi connectivity index (χ0n) is 21.4. The summed E-state index contributed by atoms with van der Waals surface area (Å²) < 4.78 is 9.99. The summed E-state index contributed by atoms with van der Waals surface area (Å²) in [7, 11) is 2.79. The van der Waals surface area contributed by atoms with Gasteiger partial charge in [-0.3, -0.25) is 14.9 Å². The van der Waals surface area contributed by atoms with Crippen molar-refractivity contribution in [2.75, 3.05) is 50.6 Å². The molecule has 1 heterocycles. The molecule has 0 saturated carbocycles. The largest absolute Gasteiger partial charge is 0.495 e. The van der Waals surface area contributed by atoms with Gasteiger partial charge in [-0.25, -0.2) is 4.79 Å². The van der Waals surface area contributed by atoms with Gasteiger partial charge in [-0.1, -0.05) is 29.8 Å². The first kappa shape index (κ1) is 27.9. The van der Waals surface area contributed by atoms with Gasteiger partial charge in [-0.05, 0) is 60.7 Å². The third-order valence-corrected chi connectivity index (χ3v) is 6.73. The van der Waals surface area contributed by atoms with E-state index in [4.69, 9.17) is 33.3 Å². The minimum atomic E-state index is -0.509. The van der Waals surface area contributed by atoms with Gasteiger partial charge in [0.15, 0.2) is 5.11 Å². The molecule has 0 radical (unpaired) electrons. The van der Waals surface area contributed by atoms with Crippen molar-refractivity contribution in [1.82, 2.24) is 10.2 Å². The van der Waals surface area contributed by atoms with Crippen LogP contribution in [0.2, 0.25) is 5.02 Å². The minimum absolute atomic E-state index is 0.0165. The summed E-state index contributed by atoms with van der Waals surface area (Å²) in [6, 6.07) is 18.9. The van der Waals surface area contributed by atoms with Crippen LogP contribution < -0.4 is 20.3 Å². The summed E-state index contributed by atoms with van der Waals surface area (Å²) in [4.78, 5) is 41.7. The van der Waals surface area contributed by atoms with Crippen LogP contribution in [0.1, 0.15) is 31.1 Å². The summed E-state index contributed by atoms with van der Waals surface area (Å²) >= 11 is 11.6. The van der Waals surface area contributed by atoms with E-state index in [1.54, 1.807) is 42.5 Å². The predicted molar refractivity (Wildman–Crippen MR) is 154 cm³/mol. The molecular formula is C28H27ClN4O5S. The lowest BCUT2D eigenvalue weighted by atomic mass is 10.1. The number of carbonyl (C=O) groups excluding carboxylic acids is 3. The molecule has 1 saturated heterocycles. The van der Waals surface area contributed by atoms with Crippen molar-refractivity contribution in [3.8, 4) is 5.75 Å². The SMILES string of the molecule is COC(=O)c1ccc(N2CCN(C(=O)c3ccccc3)CC2)c(NC(=S)NC(=O)c2ccc(OC)c(Cl)c2)c1. The fraction of sp³-hybridized carbons (Fsp3) is 0.214. The number of thiocarbonyl (C=S) groups is 1. The number of nitrogens with one attached hydrogen (secondary N) is 2. The van der Waals surface area contributed by atoms with Crippen LogP contribution in [0.4, 0.5) is 11.4 Å². The van der Waals surface area contributed by atoms with Crippen LogP contribution in [0, 0.1) is 0 Å². The molecule has 39 heavy (non-hydrogen) atoms. The van der Waals surface area contributed by atoms with Gasteiger partial charge < -0.3 is 24.6 Å². The Morgan fingerprint density at radius 3 is 2.21 bits per heavy atom. The lowest BCUT2D eigenvalue weighted by molar-refractivity contribution is 0.0600. The van der Waals surface area contributed by atoms with Crippen molar-refractivity contribution >= 4 is 58.1 Å². The second-order valence-electron chi connectivity index (χ2n) is 8.63. The van der Waals surface area contributed by atoms with Crippen LogP contribution >= 0.6 is 23.8 Å². The number of hydrogen-bond acceptors (Lipinski definition) is 7. The van der Waals surface area contributed by atoms with Gasteiger partial charge in [0, 0.05) is 37.3 Å². The fourth-order valence-electron chi connectivity index (χ4n) is 4.21. The van der Waals surface area contributed by atoms with Crippen LogP contribution in [0.25, 0.3) is 0 Å². The quantitative estimate of drug-likeness (QED) is 0.338. The first-order valence-electron chi connectivity index (χ1n) is 12.1. The molecular weight excluding hydrogens is 540 g/mol. The van der Waals surface area contributed by atoms with Gasteiger partial charge in [-0.15, -0.1) is 0 Å². The number of piperazine rings is 1. The first-order chi connectivity index (χ1) is 18.8. The zero-order valence-corrected chi connectivity index (χ0v) is 23.0. The maximum atomic E-state index is 12.9. The summed E-state index contributed by atoms with van der Waals surface area (Å²) in [6.07, 6.45) is 0. The smallest absolute Gasteiger partial charge is 0.337 e. The zero-order chi connectivity index (χ0) is 27.9. The number of methoxy groups -OCH3 is 2. The number of hydrogen-bond donors (Lipinski definition) is 2. The molecule has 2 N–H and O–H groups in total. The van der Waals surface area contributed by atoms with E-state index < -0.39 is 11.9 Å². The summed E-state index contributed by atoms with van der Waals surface area (Å²) in [5, 5.41) is 6.00. The normalized spacial score (nSPS) is 12.9. The molecule has 1 aliphatic rings. The van der Waals surface area contributed by atoms with Crippen LogP contribution in [0.5, 0.6) is 5.75 Å². The number of carbonyl (C=O) groups is 3. The number of benzene rings is 3. The van der Waals surface area contributed by atoms with Crippen molar-refractivity contribution in [2.24, 2.45) is 0 Å². The number of halogens is 1. The van der Waals surface area contributed by atoms with E-state index in [2.05, 4.69) is 15.5 Å². The molecule has 202 valence electrons. The molecule has 3 aromatic carbocycles. The number of rotatable bonds is 6. The van der Waals surface area contributed by atoms with Gasteiger partial charge in [0.25, 0.3) is 11.8 Å². The van der Waals surface area contributed by atoms with Gasteiger partial charge >= 0.3 is 5.97 Å². The molecule has 0 atom stereocenters. The van der Waals surface area contributed by atoms with Crippen LogP contribution in [-0.4, -0.2) is 68.2 Å². The van der Waals surface area contributed by atoms with Crippen molar-refractivity contribution in [3.63, 3.8) is 0 Å². The van der Waals surface area contributed by atoms with Gasteiger partial charge in [0.05, 0.1) is 36.2 Å². The Hall–Kier alpha value is -4.15. The molecule has 2 amide bonds. The van der Waals surface area contributed by atoms with Crippen molar-refractivity contribution in [3.05, 3.63) is 88.4 Å². The highest BCUT2D eigenvalue weighted by Gasteiger charge is 2.24. The molecule has 3 aromatic rings. The van der Waals surface area contributed by atoms with E-state index in [0.717, 1.165) is 5.69 Å². The number of anilines is 2. The number of ether oxygens (including phenoxy) is 2. The highest BCUT2D eigenvalue weighted by Crippen LogP contribution is 2.29. The monoisotopic (exact) mass is 566 g/mol. The Kier molecular flexibility index (Phi) is 9.00. The standard InChI is InChI=1S/C28H27ClN4O5S/c1-37-24-11-9-19(16-21(24)29)25(34)31-28(39)30-22-17-20(27(36)38-2)8-10-23(22)32-12-14-33(15-13-32)26(35)18-6-4-3-5-7-18/h3-11,16-17H,12-15H2,1-2H3,(H2,30,31,34,39). The molecule has 4 rings (SSSR count). The summed E-state index contributed by atoms with van der Waals surface area (Å²) in [5.74, 6) is -0.539. The molecule has 0 unspecified atom stereocenters. The maximum Gasteiger partial charge on any atom is 0.337 e. The molecule has 0 spiro atoms. The minimum Gasteiger partial charge on any atom is -0.495 e. The van der Waals surface area contributed by atoms with E-state index in [9.17, 15) is 14.4 Å². The van der Waals surface area contributed by atoms with Crippen LogP contribution in [-0.2, 0) is 4.74 Å². The molecule has 1 aliphatic heterocycles. The highest BCUT2D eigenvalue weighted by atomic mass is 35.5. The molecule has 9 nitrogen and oxygen atoms in total.